The SMILES string of the molecule is Cc1ccc(CC(=O)N(Cc2cccc(Cl)c2)[C@H](Cc2ccccc2)C(=O)NC(C)(C)C)cc1. The molecule has 34 heavy (non-hydrogen) atoms. The average Bonchev–Trinajstić information content (AvgIpc) is 2.77. The number of benzene rings is 3. The molecular formula is C29H33ClN2O2. The fourth-order valence-corrected chi connectivity index (χ4v) is 4.03. The summed E-state index contributed by atoms with van der Waals surface area (Å²) in [6, 6.07) is 24.5. The molecule has 0 spiro atoms. The molecule has 2 amide bonds. The topological polar surface area (TPSA) is 49.4 Å². The van der Waals surface area contributed by atoms with Crippen molar-refractivity contribution in [2.75, 3.05) is 0 Å². The number of rotatable bonds is 8. The molecule has 3 rings (SSSR count). The molecule has 0 unspecified atom stereocenters. The van der Waals surface area contributed by atoms with E-state index in [1.54, 1.807) is 11.0 Å². The van der Waals surface area contributed by atoms with Crippen molar-refractivity contribution in [2.45, 2.75) is 58.7 Å². The lowest BCUT2D eigenvalue weighted by molar-refractivity contribution is -0.141. The van der Waals surface area contributed by atoms with Gasteiger partial charge in [0.05, 0.1) is 6.42 Å². The van der Waals surface area contributed by atoms with Crippen LogP contribution in [0.25, 0.3) is 0 Å². The molecule has 5 heteroatoms. The fourth-order valence-electron chi connectivity index (χ4n) is 3.82. The molecule has 0 aliphatic carbocycles. The van der Waals surface area contributed by atoms with E-state index in [-0.39, 0.29) is 18.2 Å². The van der Waals surface area contributed by atoms with Gasteiger partial charge < -0.3 is 10.2 Å². The quantitative estimate of drug-likeness (QED) is 0.450. The summed E-state index contributed by atoms with van der Waals surface area (Å²) >= 11 is 6.23. The number of amides is 2. The summed E-state index contributed by atoms with van der Waals surface area (Å²) < 4.78 is 0. The third kappa shape index (κ3) is 7.74. The van der Waals surface area contributed by atoms with Crippen molar-refractivity contribution >= 4 is 23.4 Å². The molecule has 0 aliphatic rings. The Balaban J connectivity index is 1.98. The minimum atomic E-state index is -0.668. The van der Waals surface area contributed by atoms with Crippen molar-refractivity contribution in [3.8, 4) is 0 Å². The number of carbonyl (C=O) groups is 2. The zero-order valence-corrected chi connectivity index (χ0v) is 21.1. The number of halogens is 1. The lowest BCUT2D eigenvalue weighted by Gasteiger charge is -2.34. The smallest absolute Gasteiger partial charge is 0.243 e. The number of carbonyl (C=O) groups excluding carboxylic acids is 2. The second-order valence-electron chi connectivity index (χ2n) is 9.76. The molecule has 1 N–H and O–H groups in total. The van der Waals surface area contributed by atoms with Crippen LogP contribution in [-0.2, 0) is 29.0 Å². The van der Waals surface area contributed by atoms with Crippen molar-refractivity contribution in [3.05, 3.63) is 106 Å². The second-order valence-corrected chi connectivity index (χ2v) is 10.2. The molecule has 0 saturated carbocycles. The van der Waals surface area contributed by atoms with E-state index in [0.29, 0.717) is 18.0 Å². The maximum Gasteiger partial charge on any atom is 0.243 e. The Morgan fingerprint density at radius 3 is 2.15 bits per heavy atom. The first-order chi connectivity index (χ1) is 16.1. The van der Waals surface area contributed by atoms with Gasteiger partial charge in [-0.3, -0.25) is 9.59 Å². The van der Waals surface area contributed by atoms with Crippen molar-refractivity contribution in [3.63, 3.8) is 0 Å². The van der Waals surface area contributed by atoms with Crippen LogP contribution in [0.2, 0.25) is 5.02 Å². The van der Waals surface area contributed by atoms with E-state index in [1.807, 2.05) is 100 Å². The van der Waals surface area contributed by atoms with E-state index >= 15 is 0 Å². The third-order valence-electron chi connectivity index (χ3n) is 5.49. The summed E-state index contributed by atoms with van der Waals surface area (Å²) in [7, 11) is 0. The molecule has 0 radical (unpaired) electrons. The van der Waals surface area contributed by atoms with Gasteiger partial charge in [0, 0.05) is 23.5 Å². The molecule has 178 valence electrons. The summed E-state index contributed by atoms with van der Waals surface area (Å²) in [5, 5.41) is 3.68. The van der Waals surface area contributed by atoms with Gasteiger partial charge in [0.1, 0.15) is 6.04 Å². The Morgan fingerprint density at radius 1 is 0.882 bits per heavy atom. The van der Waals surface area contributed by atoms with Crippen LogP contribution in [0.4, 0.5) is 0 Å². The van der Waals surface area contributed by atoms with Crippen molar-refractivity contribution in [1.82, 2.24) is 10.2 Å². The van der Waals surface area contributed by atoms with Crippen LogP contribution in [0.3, 0.4) is 0 Å². The standard InChI is InChI=1S/C29H33ClN2O2/c1-21-13-15-23(16-14-21)19-27(33)32(20-24-11-8-12-25(30)17-24)26(28(34)31-29(2,3)4)18-22-9-6-5-7-10-22/h5-17,26H,18-20H2,1-4H3,(H,31,34)/t26-/m1/s1. The van der Waals surface area contributed by atoms with Crippen LogP contribution in [0.5, 0.6) is 0 Å². The van der Waals surface area contributed by atoms with E-state index in [0.717, 1.165) is 22.3 Å². The van der Waals surface area contributed by atoms with Crippen LogP contribution in [0, 0.1) is 6.92 Å². The molecule has 3 aromatic carbocycles. The highest BCUT2D eigenvalue weighted by Crippen LogP contribution is 2.19. The number of hydrogen-bond donors (Lipinski definition) is 1. The summed E-state index contributed by atoms with van der Waals surface area (Å²) in [6.45, 7) is 8.14. The predicted octanol–water partition coefficient (Wildman–Crippen LogP) is 5.75. The van der Waals surface area contributed by atoms with Crippen LogP contribution >= 0.6 is 11.6 Å². The van der Waals surface area contributed by atoms with Gasteiger partial charge in [-0.25, -0.2) is 0 Å². The third-order valence-corrected chi connectivity index (χ3v) is 5.72. The van der Waals surface area contributed by atoms with Gasteiger partial charge in [-0.2, -0.15) is 0 Å². The molecule has 1 atom stereocenters. The minimum Gasteiger partial charge on any atom is -0.350 e. The van der Waals surface area contributed by atoms with Gasteiger partial charge in [0.15, 0.2) is 0 Å². The highest BCUT2D eigenvalue weighted by Gasteiger charge is 2.32. The Labute approximate surface area is 207 Å². The highest BCUT2D eigenvalue weighted by molar-refractivity contribution is 6.30. The zero-order chi connectivity index (χ0) is 24.7. The molecule has 0 saturated heterocycles. The number of nitrogens with one attached hydrogen (secondary N) is 1. The van der Waals surface area contributed by atoms with E-state index in [9.17, 15) is 9.59 Å². The van der Waals surface area contributed by atoms with Gasteiger partial charge in [0.25, 0.3) is 0 Å². The van der Waals surface area contributed by atoms with E-state index in [1.165, 1.54) is 0 Å². The average molecular weight is 477 g/mol. The molecule has 0 aromatic heterocycles. The molecule has 0 bridgehead atoms. The van der Waals surface area contributed by atoms with Crippen LogP contribution in [0.15, 0.2) is 78.9 Å². The zero-order valence-electron chi connectivity index (χ0n) is 20.3. The summed E-state index contributed by atoms with van der Waals surface area (Å²) in [6.07, 6.45) is 0.637. The monoisotopic (exact) mass is 476 g/mol. The number of aryl methyl sites for hydroxylation is 1. The van der Waals surface area contributed by atoms with Crippen LogP contribution < -0.4 is 5.32 Å². The molecule has 4 nitrogen and oxygen atoms in total. The maximum atomic E-state index is 13.7. The van der Waals surface area contributed by atoms with Crippen LogP contribution in [0.1, 0.15) is 43.0 Å². The van der Waals surface area contributed by atoms with Gasteiger partial charge in [-0.1, -0.05) is 83.9 Å². The largest absolute Gasteiger partial charge is 0.350 e. The second kappa shape index (κ2) is 11.3. The highest BCUT2D eigenvalue weighted by atomic mass is 35.5. The van der Waals surface area contributed by atoms with E-state index in [2.05, 4.69) is 5.32 Å². The Bertz CT molecular complexity index is 1100. The van der Waals surface area contributed by atoms with Gasteiger partial charge >= 0.3 is 0 Å². The summed E-state index contributed by atoms with van der Waals surface area (Å²) in [5.41, 5.74) is 3.51. The van der Waals surface area contributed by atoms with Crippen molar-refractivity contribution < 1.29 is 9.59 Å². The number of nitrogens with zero attached hydrogens (tertiary/aromatic N) is 1. The first-order valence-electron chi connectivity index (χ1n) is 11.6. The van der Waals surface area contributed by atoms with E-state index in [4.69, 9.17) is 11.6 Å². The number of hydrogen-bond acceptors (Lipinski definition) is 2. The van der Waals surface area contributed by atoms with Crippen molar-refractivity contribution in [2.24, 2.45) is 0 Å². The van der Waals surface area contributed by atoms with Gasteiger partial charge in [-0.15, -0.1) is 0 Å². The lowest BCUT2D eigenvalue weighted by Crippen LogP contribution is -2.54. The van der Waals surface area contributed by atoms with E-state index < -0.39 is 11.6 Å². The normalized spacial score (nSPS) is 12.1. The van der Waals surface area contributed by atoms with Gasteiger partial charge in [0.2, 0.25) is 11.8 Å². The Morgan fingerprint density at radius 2 is 1.53 bits per heavy atom. The molecule has 0 fully saturated rings. The first kappa shape index (κ1) is 25.5. The summed E-state index contributed by atoms with van der Waals surface area (Å²) in [4.78, 5) is 28.9. The molecule has 3 aromatic rings. The van der Waals surface area contributed by atoms with Gasteiger partial charge in [-0.05, 0) is 56.5 Å². The lowest BCUT2D eigenvalue weighted by atomic mass is 9.99. The Kier molecular flexibility index (Phi) is 8.51. The maximum absolute atomic E-state index is 13.7. The Hall–Kier alpha value is -3.11. The fraction of sp³-hybridized carbons (Fsp3) is 0.310. The molecular weight excluding hydrogens is 444 g/mol. The predicted molar refractivity (Wildman–Crippen MR) is 139 cm³/mol. The molecule has 0 heterocycles. The minimum absolute atomic E-state index is 0.103. The van der Waals surface area contributed by atoms with Crippen LogP contribution in [-0.4, -0.2) is 28.3 Å². The van der Waals surface area contributed by atoms with Crippen molar-refractivity contribution in [1.29, 1.82) is 0 Å². The summed E-state index contributed by atoms with van der Waals surface area (Å²) in [5.74, 6) is -0.274. The molecule has 0 aliphatic heterocycles. The first-order valence-corrected chi connectivity index (χ1v) is 11.9.